The number of ketones is 1. The average molecular weight is 234 g/mol. The largest absolute Gasteiger partial charge is 0.393 e. The van der Waals surface area contributed by atoms with Crippen molar-refractivity contribution in [2.45, 2.75) is 45.3 Å². The Kier molecular flexibility index (Phi) is 3.43. The van der Waals surface area contributed by atoms with E-state index in [0.717, 1.165) is 25.0 Å². The SMILES string of the molecule is CC(=O)c1ccc(C)nc1N[C@@H]1CC[C@H](O)C1. The molecule has 2 rings (SSSR count). The summed E-state index contributed by atoms with van der Waals surface area (Å²) >= 11 is 0. The molecule has 2 N–H and O–H groups in total. The summed E-state index contributed by atoms with van der Waals surface area (Å²) in [5.41, 5.74) is 1.51. The van der Waals surface area contributed by atoms with E-state index in [1.54, 1.807) is 13.0 Å². The lowest BCUT2D eigenvalue weighted by molar-refractivity contribution is 0.101. The van der Waals surface area contributed by atoms with Crippen LogP contribution in [0.15, 0.2) is 12.1 Å². The van der Waals surface area contributed by atoms with E-state index in [0.29, 0.717) is 11.4 Å². The van der Waals surface area contributed by atoms with Crippen molar-refractivity contribution in [3.05, 3.63) is 23.4 Å². The molecule has 0 unspecified atom stereocenters. The minimum Gasteiger partial charge on any atom is -0.393 e. The maximum absolute atomic E-state index is 11.5. The molecule has 0 aromatic carbocycles. The van der Waals surface area contributed by atoms with Gasteiger partial charge < -0.3 is 10.4 Å². The first kappa shape index (κ1) is 12.0. The number of nitrogens with zero attached hydrogens (tertiary/aromatic N) is 1. The first-order chi connectivity index (χ1) is 8.06. The zero-order valence-corrected chi connectivity index (χ0v) is 10.2. The Morgan fingerprint density at radius 3 is 2.82 bits per heavy atom. The number of aliphatic hydroxyl groups excluding tert-OH is 1. The summed E-state index contributed by atoms with van der Waals surface area (Å²) in [4.78, 5) is 15.9. The topological polar surface area (TPSA) is 62.2 Å². The fourth-order valence-corrected chi connectivity index (χ4v) is 2.23. The van der Waals surface area contributed by atoms with E-state index < -0.39 is 0 Å². The molecule has 0 amide bonds. The van der Waals surface area contributed by atoms with Gasteiger partial charge in [-0.2, -0.15) is 0 Å². The van der Waals surface area contributed by atoms with Crippen molar-refractivity contribution in [1.82, 2.24) is 4.98 Å². The second-order valence-electron chi connectivity index (χ2n) is 4.71. The number of aliphatic hydroxyl groups is 1. The minimum atomic E-state index is -0.224. The molecule has 0 saturated heterocycles. The summed E-state index contributed by atoms with van der Waals surface area (Å²) in [5, 5.41) is 12.8. The molecule has 1 aromatic rings. The van der Waals surface area contributed by atoms with Crippen molar-refractivity contribution in [1.29, 1.82) is 0 Å². The summed E-state index contributed by atoms with van der Waals surface area (Å²) in [6.07, 6.45) is 2.25. The van der Waals surface area contributed by atoms with Crippen molar-refractivity contribution >= 4 is 11.6 Å². The molecule has 4 heteroatoms. The number of carbonyl (C=O) groups excluding carboxylic acids is 1. The Bertz CT molecular complexity index is 431. The molecule has 0 radical (unpaired) electrons. The second kappa shape index (κ2) is 4.84. The Hall–Kier alpha value is -1.42. The second-order valence-corrected chi connectivity index (χ2v) is 4.71. The van der Waals surface area contributed by atoms with Crippen LogP contribution in [0.3, 0.4) is 0 Å². The summed E-state index contributed by atoms with van der Waals surface area (Å²) in [6, 6.07) is 3.86. The van der Waals surface area contributed by atoms with Gasteiger partial charge in [0.2, 0.25) is 0 Å². The average Bonchev–Trinajstić information content (AvgIpc) is 2.63. The molecule has 1 saturated carbocycles. The van der Waals surface area contributed by atoms with Crippen LogP contribution in [-0.2, 0) is 0 Å². The van der Waals surface area contributed by atoms with Gasteiger partial charge in [0.1, 0.15) is 5.82 Å². The standard InChI is InChI=1S/C13H18N2O2/c1-8-3-6-12(9(2)16)13(14-8)15-10-4-5-11(17)7-10/h3,6,10-11,17H,4-5,7H2,1-2H3,(H,14,15)/t10-,11+/m1/s1. The molecule has 1 heterocycles. The van der Waals surface area contributed by atoms with Crippen molar-refractivity contribution < 1.29 is 9.90 Å². The number of pyridine rings is 1. The van der Waals surface area contributed by atoms with Crippen LogP contribution in [0.4, 0.5) is 5.82 Å². The van der Waals surface area contributed by atoms with E-state index in [4.69, 9.17) is 0 Å². The van der Waals surface area contributed by atoms with Gasteiger partial charge in [-0.3, -0.25) is 4.79 Å². The normalized spacial score (nSPS) is 23.7. The van der Waals surface area contributed by atoms with Gasteiger partial charge in [0.05, 0.1) is 11.7 Å². The van der Waals surface area contributed by atoms with Gasteiger partial charge in [0.15, 0.2) is 5.78 Å². The molecule has 0 aliphatic heterocycles. The van der Waals surface area contributed by atoms with Gasteiger partial charge in [0, 0.05) is 11.7 Å². The predicted octanol–water partition coefficient (Wildman–Crippen LogP) is 1.92. The number of anilines is 1. The maximum Gasteiger partial charge on any atom is 0.163 e. The van der Waals surface area contributed by atoms with Gasteiger partial charge in [0.25, 0.3) is 0 Å². The van der Waals surface area contributed by atoms with Crippen molar-refractivity contribution in [3.8, 4) is 0 Å². The first-order valence-corrected chi connectivity index (χ1v) is 5.99. The third-order valence-corrected chi connectivity index (χ3v) is 3.16. The van der Waals surface area contributed by atoms with E-state index in [1.165, 1.54) is 0 Å². The first-order valence-electron chi connectivity index (χ1n) is 5.99. The zero-order chi connectivity index (χ0) is 12.4. The number of hydrogen-bond acceptors (Lipinski definition) is 4. The summed E-state index contributed by atoms with van der Waals surface area (Å²) in [7, 11) is 0. The molecule has 17 heavy (non-hydrogen) atoms. The quantitative estimate of drug-likeness (QED) is 0.784. The molecular formula is C13H18N2O2. The monoisotopic (exact) mass is 234 g/mol. The van der Waals surface area contributed by atoms with Crippen molar-refractivity contribution in [2.75, 3.05) is 5.32 Å². The smallest absolute Gasteiger partial charge is 0.163 e. The summed E-state index contributed by atoms with van der Waals surface area (Å²) in [5.74, 6) is 0.662. The molecule has 1 aliphatic carbocycles. The molecule has 4 nitrogen and oxygen atoms in total. The lowest BCUT2D eigenvalue weighted by Gasteiger charge is -2.15. The third kappa shape index (κ3) is 2.82. The van der Waals surface area contributed by atoms with Crippen LogP contribution in [-0.4, -0.2) is 28.0 Å². The number of Topliss-reactive ketones (excluding diaryl/α,β-unsaturated/α-hetero) is 1. The Balaban J connectivity index is 2.19. The van der Waals surface area contributed by atoms with Crippen molar-refractivity contribution in [2.24, 2.45) is 0 Å². The van der Waals surface area contributed by atoms with Gasteiger partial charge in [-0.25, -0.2) is 4.98 Å². The molecule has 1 fully saturated rings. The highest BCUT2D eigenvalue weighted by Crippen LogP contribution is 2.24. The zero-order valence-electron chi connectivity index (χ0n) is 10.2. The Morgan fingerprint density at radius 1 is 1.47 bits per heavy atom. The minimum absolute atomic E-state index is 0.0125. The number of nitrogens with one attached hydrogen (secondary N) is 1. The van der Waals surface area contributed by atoms with E-state index in [2.05, 4.69) is 10.3 Å². The van der Waals surface area contributed by atoms with Crippen LogP contribution < -0.4 is 5.32 Å². The summed E-state index contributed by atoms with van der Waals surface area (Å²) < 4.78 is 0. The van der Waals surface area contributed by atoms with E-state index in [-0.39, 0.29) is 17.9 Å². The number of aryl methyl sites for hydroxylation is 1. The van der Waals surface area contributed by atoms with Gasteiger partial charge in [-0.15, -0.1) is 0 Å². The molecule has 2 atom stereocenters. The molecule has 1 aromatic heterocycles. The number of carbonyl (C=O) groups is 1. The van der Waals surface area contributed by atoms with E-state index in [1.807, 2.05) is 13.0 Å². The fraction of sp³-hybridized carbons (Fsp3) is 0.538. The lowest BCUT2D eigenvalue weighted by atomic mass is 10.1. The molecular weight excluding hydrogens is 216 g/mol. The molecule has 0 spiro atoms. The van der Waals surface area contributed by atoms with Gasteiger partial charge in [-0.1, -0.05) is 0 Å². The van der Waals surface area contributed by atoms with Gasteiger partial charge in [-0.05, 0) is 45.2 Å². The molecule has 1 aliphatic rings. The third-order valence-electron chi connectivity index (χ3n) is 3.16. The lowest BCUT2D eigenvalue weighted by Crippen LogP contribution is -2.19. The number of aromatic nitrogens is 1. The van der Waals surface area contributed by atoms with Crippen LogP contribution in [0.1, 0.15) is 42.2 Å². The maximum atomic E-state index is 11.5. The summed E-state index contributed by atoms with van der Waals surface area (Å²) in [6.45, 7) is 3.44. The van der Waals surface area contributed by atoms with Crippen LogP contribution in [0, 0.1) is 6.92 Å². The van der Waals surface area contributed by atoms with Crippen molar-refractivity contribution in [3.63, 3.8) is 0 Å². The van der Waals surface area contributed by atoms with Crippen LogP contribution in [0.25, 0.3) is 0 Å². The highest BCUT2D eigenvalue weighted by atomic mass is 16.3. The highest BCUT2D eigenvalue weighted by molar-refractivity contribution is 5.98. The van der Waals surface area contributed by atoms with Gasteiger partial charge >= 0.3 is 0 Å². The molecule has 0 bridgehead atoms. The highest BCUT2D eigenvalue weighted by Gasteiger charge is 2.24. The van der Waals surface area contributed by atoms with Crippen LogP contribution >= 0.6 is 0 Å². The number of hydrogen-bond donors (Lipinski definition) is 2. The van der Waals surface area contributed by atoms with E-state index >= 15 is 0 Å². The predicted molar refractivity (Wildman–Crippen MR) is 66.2 cm³/mol. The van der Waals surface area contributed by atoms with Crippen LogP contribution in [0.2, 0.25) is 0 Å². The Labute approximate surface area is 101 Å². The van der Waals surface area contributed by atoms with E-state index in [9.17, 15) is 9.90 Å². The fourth-order valence-electron chi connectivity index (χ4n) is 2.23. The Morgan fingerprint density at radius 2 is 2.24 bits per heavy atom. The number of rotatable bonds is 3. The van der Waals surface area contributed by atoms with Crippen LogP contribution in [0.5, 0.6) is 0 Å². The molecule has 92 valence electrons.